The summed E-state index contributed by atoms with van der Waals surface area (Å²) < 4.78 is 1.93. The summed E-state index contributed by atoms with van der Waals surface area (Å²) in [5.41, 5.74) is -0.386. The molecule has 1 aliphatic carbocycles. The number of hydrogen-bond donors (Lipinski definition) is 1. The second-order valence-corrected chi connectivity index (χ2v) is 5.95. The monoisotopic (exact) mass is 280 g/mol. The molecule has 0 radical (unpaired) electrons. The van der Waals surface area contributed by atoms with Crippen LogP contribution in [0.15, 0.2) is 5.16 Å². The molecule has 1 saturated carbocycles. The molecule has 1 unspecified atom stereocenters. The van der Waals surface area contributed by atoms with Gasteiger partial charge in [-0.3, -0.25) is 0 Å². The van der Waals surface area contributed by atoms with Gasteiger partial charge in [-0.25, -0.2) is 4.68 Å². The summed E-state index contributed by atoms with van der Waals surface area (Å²) in [5.74, 6) is 0.943. The highest BCUT2D eigenvalue weighted by molar-refractivity contribution is 7.99. The third kappa shape index (κ3) is 3.45. The highest BCUT2D eigenvalue weighted by Crippen LogP contribution is 2.36. The minimum atomic E-state index is -0.386. The summed E-state index contributed by atoms with van der Waals surface area (Å²) in [6, 6.07) is 2.90. The maximum Gasteiger partial charge on any atom is 0.209 e. The van der Waals surface area contributed by atoms with Crippen LogP contribution in [0.4, 0.5) is 0 Å². The van der Waals surface area contributed by atoms with Crippen molar-refractivity contribution in [3.05, 3.63) is 0 Å². The van der Waals surface area contributed by atoms with Crippen LogP contribution in [0.25, 0.3) is 0 Å². The minimum absolute atomic E-state index is 0.386. The largest absolute Gasteiger partial charge is 0.302 e. The molecule has 19 heavy (non-hydrogen) atoms. The quantitative estimate of drug-likeness (QED) is 0.577. The number of nitrogens with one attached hydrogen (secondary N) is 1. The van der Waals surface area contributed by atoms with Gasteiger partial charge < -0.3 is 5.32 Å². The second kappa shape index (κ2) is 6.35. The van der Waals surface area contributed by atoms with Crippen LogP contribution in [-0.2, 0) is 0 Å². The van der Waals surface area contributed by atoms with E-state index in [2.05, 4.69) is 26.9 Å². The Morgan fingerprint density at radius 1 is 1.58 bits per heavy atom. The van der Waals surface area contributed by atoms with Crippen molar-refractivity contribution < 1.29 is 0 Å². The lowest BCUT2D eigenvalue weighted by molar-refractivity contribution is 0.400. The molecule has 0 saturated heterocycles. The van der Waals surface area contributed by atoms with Gasteiger partial charge in [-0.2, -0.15) is 5.26 Å². The second-order valence-electron chi connectivity index (χ2n) is 4.89. The van der Waals surface area contributed by atoms with Crippen LogP contribution >= 0.6 is 11.8 Å². The van der Waals surface area contributed by atoms with Crippen molar-refractivity contribution in [2.24, 2.45) is 0 Å². The van der Waals surface area contributed by atoms with Gasteiger partial charge in [0.05, 0.1) is 12.1 Å². The van der Waals surface area contributed by atoms with Crippen LogP contribution < -0.4 is 5.32 Å². The molecule has 1 fully saturated rings. The zero-order valence-electron chi connectivity index (χ0n) is 11.5. The van der Waals surface area contributed by atoms with Crippen LogP contribution in [0.3, 0.4) is 0 Å². The number of rotatable bonds is 8. The molecule has 0 spiro atoms. The smallest absolute Gasteiger partial charge is 0.209 e. The number of aromatic nitrogens is 4. The highest BCUT2D eigenvalue weighted by atomic mass is 32.2. The Balaban J connectivity index is 1.77. The Morgan fingerprint density at radius 2 is 2.37 bits per heavy atom. The van der Waals surface area contributed by atoms with E-state index >= 15 is 0 Å². The van der Waals surface area contributed by atoms with Gasteiger partial charge in [0, 0.05) is 5.75 Å². The molecule has 0 bridgehead atoms. The molecule has 2 rings (SSSR count). The van der Waals surface area contributed by atoms with E-state index in [9.17, 15) is 5.26 Å². The summed E-state index contributed by atoms with van der Waals surface area (Å²) in [5, 5.41) is 25.1. The van der Waals surface area contributed by atoms with Gasteiger partial charge in [-0.05, 0) is 49.6 Å². The summed E-state index contributed by atoms with van der Waals surface area (Å²) in [6.07, 6.45) is 5.03. The number of nitrogens with zero attached hydrogens (tertiary/aromatic N) is 5. The lowest BCUT2D eigenvalue weighted by Crippen LogP contribution is -2.40. The van der Waals surface area contributed by atoms with E-state index < -0.39 is 0 Å². The predicted octanol–water partition coefficient (Wildman–Crippen LogP) is 1.77. The standard InChI is InChI=1S/C12H20N6S/c1-3-12(9-13,14-2)7-4-8-19-11-15-16-17-18(11)10-5-6-10/h10,14H,3-8H2,1-2H3. The number of nitriles is 1. The van der Waals surface area contributed by atoms with Crippen molar-refractivity contribution >= 4 is 11.8 Å². The maximum atomic E-state index is 9.23. The van der Waals surface area contributed by atoms with Crippen LogP contribution in [0.5, 0.6) is 0 Å². The summed E-state index contributed by atoms with van der Waals surface area (Å²) in [6.45, 7) is 2.04. The molecule has 1 aliphatic rings. The van der Waals surface area contributed by atoms with Crippen molar-refractivity contribution in [3.63, 3.8) is 0 Å². The Hall–Kier alpha value is -1.13. The fourth-order valence-electron chi connectivity index (χ4n) is 2.04. The molecule has 7 heteroatoms. The lowest BCUT2D eigenvalue weighted by atomic mass is 9.93. The molecule has 1 N–H and O–H groups in total. The minimum Gasteiger partial charge on any atom is -0.302 e. The Kier molecular flexibility index (Phi) is 4.77. The average Bonchev–Trinajstić information content (AvgIpc) is 3.19. The van der Waals surface area contributed by atoms with Crippen LogP contribution in [0.1, 0.15) is 45.1 Å². The van der Waals surface area contributed by atoms with Gasteiger partial charge in [-0.15, -0.1) is 5.10 Å². The van der Waals surface area contributed by atoms with Crippen molar-refractivity contribution in [3.8, 4) is 6.07 Å². The normalized spacial score (nSPS) is 17.9. The van der Waals surface area contributed by atoms with E-state index in [0.29, 0.717) is 6.04 Å². The molecule has 0 aromatic carbocycles. The predicted molar refractivity (Wildman–Crippen MR) is 73.7 cm³/mol. The fraction of sp³-hybridized carbons (Fsp3) is 0.833. The van der Waals surface area contributed by atoms with E-state index in [0.717, 1.165) is 30.2 Å². The third-order valence-corrected chi connectivity index (χ3v) is 4.65. The van der Waals surface area contributed by atoms with E-state index in [4.69, 9.17) is 0 Å². The Bertz CT molecular complexity index is 443. The van der Waals surface area contributed by atoms with Crippen LogP contribution in [-0.4, -0.2) is 38.5 Å². The molecule has 0 amide bonds. The van der Waals surface area contributed by atoms with Crippen LogP contribution in [0, 0.1) is 11.3 Å². The molecular formula is C12H20N6S. The zero-order valence-corrected chi connectivity index (χ0v) is 12.3. The number of tetrazole rings is 1. The van der Waals surface area contributed by atoms with Gasteiger partial charge in [0.25, 0.3) is 0 Å². The van der Waals surface area contributed by atoms with E-state index in [1.54, 1.807) is 11.8 Å². The first-order valence-electron chi connectivity index (χ1n) is 6.75. The molecule has 1 aromatic rings. The first-order chi connectivity index (χ1) is 9.24. The molecule has 104 valence electrons. The molecule has 1 heterocycles. The number of thioether (sulfide) groups is 1. The van der Waals surface area contributed by atoms with E-state index in [1.165, 1.54) is 12.8 Å². The van der Waals surface area contributed by atoms with E-state index in [-0.39, 0.29) is 5.54 Å². The SMILES string of the molecule is CCC(C#N)(CCCSc1nnnn1C1CC1)NC. The van der Waals surface area contributed by atoms with Gasteiger partial charge in [0.1, 0.15) is 5.54 Å². The summed E-state index contributed by atoms with van der Waals surface area (Å²) >= 11 is 1.68. The molecule has 1 aromatic heterocycles. The van der Waals surface area contributed by atoms with Gasteiger partial charge in [0.15, 0.2) is 0 Å². The Labute approximate surface area is 117 Å². The first-order valence-corrected chi connectivity index (χ1v) is 7.74. The van der Waals surface area contributed by atoms with Crippen LogP contribution in [0.2, 0.25) is 0 Å². The molecule has 6 nitrogen and oxygen atoms in total. The number of hydrogen-bond acceptors (Lipinski definition) is 6. The van der Waals surface area contributed by atoms with Crippen molar-refractivity contribution in [1.29, 1.82) is 5.26 Å². The van der Waals surface area contributed by atoms with Gasteiger partial charge in [-0.1, -0.05) is 18.7 Å². The molecule has 0 aliphatic heterocycles. The van der Waals surface area contributed by atoms with Crippen molar-refractivity contribution in [1.82, 2.24) is 25.5 Å². The molecule has 1 atom stereocenters. The third-order valence-electron chi connectivity index (χ3n) is 3.63. The van der Waals surface area contributed by atoms with E-state index in [1.807, 2.05) is 18.7 Å². The van der Waals surface area contributed by atoms with Gasteiger partial charge >= 0.3 is 0 Å². The first kappa shape index (κ1) is 14.3. The molecular weight excluding hydrogens is 260 g/mol. The van der Waals surface area contributed by atoms with Crippen molar-refractivity contribution in [2.45, 2.75) is 55.8 Å². The summed E-state index contributed by atoms with van der Waals surface area (Å²) in [7, 11) is 1.85. The lowest BCUT2D eigenvalue weighted by Gasteiger charge is -2.24. The van der Waals surface area contributed by atoms with Gasteiger partial charge in [0.2, 0.25) is 5.16 Å². The highest BCUT2D eigenvalue weighted by Gasteiger charge is 2.28. The maximum absolute atomic E-state index is 9.23. The Morgan fingerprint density at radius 3 is 2.95 bits per heavy atom. The fourth-order valence-corrected chi connectivity index (χ4v) is 2.92. The average molecular weight is 280 g/mol. The summed E-state index contributed by atoms with van der Waals surface area (Å²) in [4.78, 5) is 0. The topological polar surface area (TPSA) is 79.4 Å². The van der Waals surface area contributed by atoms with Crippen molar-refractivity contribution in [2.75, 3.05) is 12.8 Å². The zero-order chi connectivity index (χ0) is 13.7.